The fourth-order valence-electron chi connectivity index (χ4n) is 8.19. The van der Waals surface area contributed by atoms with E-state index in [1.165, 1.54) is 0 Å². The highest BCUT2D eigenvalue weighted by Crippen LogP contribution is 2.56. The summed E-state index contributed by atoms with van der Waals surface area (Å²) in [5.74, 6) is 2.03. The van der Waals surface area contributed by atoms with Crippen LogP contribution in [-0.4, -0.2) is 18.9 Å². The maximum Gasteiger partial charge on any atom is 0.220 e. The van der Waals surface area contributed by atoms with Gasteiger partial charge in [-0.25, -0.2) is 9.97 Å². The van der Waals surface area contributed by atoms with Crippen molar-refractivity contribution in [2.24, 2.45) is 0 Å². The molecule has 5 aromatic carbocycles. The average Bonchev–Trinajstić information content (AvgIpc) is 3.69. The summed E-state index contributed by atoms with van der Waals surface area (Å²) in [6.07, 6.45) is 0. The van der Waals surface area contributed by atoms with Crippen molar-refractivity contribution in [1.29, 1.82) is 0 Å². The first-order chi connectivity index (χ1) is 27.7. The van der Waals surface area contributed by atoms with Crippen molar-refractivity contribution in [3.8, 4) is 39.7 Å². The number of hydrogen-bond acceptors (Lipinski definition) is 3. The quantitative estimate of drug-likeness (QED) is 0.184. The lowest BCUT2D eigenvalue weighted by Gasteiger charge is -2.42. The van der Waals surface area contributed by atoms with Crippen LogP contribution in [0.5, 0.6) is 11.5 Å². The van der Waals surface area contributed by atoms with Gasteiger partial charge in [0.2, 0.25) is 5.78 Å². The van der Waals surface area contributed by atoms with Crippen molar-refractivity contribution in [3.05, 3.63) is 143 Å². The molecule has 8 aromatic rings. The largest absolute Gasteiger partial charge is 0.456 e. The van der Waals surface area contributed by atoms with Crippen molar-refractivity contribution in [2.75, 3.05) is 0 Å². The Hall–Kier alpha value is -5.68. The number of nitrogens with zero attached hydrogens (tertiary/aromatic N) is 4. The number of rotatable bonds is 3. The van der Waals surface area contributed by atoms with E-state index in [0.717, 1.165) is 50.1 Å². The van der Waals surface area contributed by atoms with Gasteiger partial charge in [-0.1, -0.05) is 115 Å². The van der Waals surface area contributed by atoms with Gasteiger partial charge in [0, 0.05) is 47.0 Å². The van der Waals surface area contributed by atoms with Crippen LogP contribution in [-0.2, 0) is 16.2 Å². The topological polar surface area (TPSA) is 44.4 Å². The molecular formula is C48H46N4O. The van der Waals surface area contributed by atoms with Gasteiger partial charge in [-0.2, -0.15) is 0 Å². The Morgan fingerprint density at radius 3 is 2.11 bits per heavy atom. The molecule has 0 spiro atoms. The number of benzene rings is 5. The lowest BCUT2D eigenvalue weighted by molar-refractivity contribution is 0.306. The molecule has 9 rings (SSSR count). The van der Waals surface area contributed by atoms with Gasteiger partial charge in [0.1, 0.15) is 11.5 Å². The van der Waals surface area contributed by atoms with E-state index in [0.29, 0.717) is 22.9 Å². The minimum Gasteiger partial charge on any atom is -0.456 e. The van der Waals surface area contributed by atoms with Gasteiger partial charge in [0.25, 0.3) is 0 Å². The van der Waals surface area contributed by atoms with E-state index in [9.17, 15) is 0 Å². The van der Waals surface area contributed by atoms with Gasteiger partial charge in [0.05, 0.1) is 33.5 Å². The lowest BCUT2D eigenvalue weighted by atomic mass is 9.60. The second kappa shape index (κ2) is 11.4. The smallest absolute Gasteiger partial charge is 0.220 e. The molecule has 0 N–H and O–H groups in total. The molecule has 0 radical (unpaired) electrons. The predicted octanol–water partition coefficient (Wildman–Crippen LogP) is 12.4. The third-order valence-corrected chi connectivity index (χ3v) is 11.7. The molecule has 1 aliphatic heterocycles. The summed E-state index contributed by atoms with van der Waals surface area (Å²) in [7, 11) is 0. The zero-order valence-corrected chi connectivity index (χ0v) is 31.2. The zero-order chi connectivity index (χ0) is 42.0. The van der Waals surface area contributed by atoms with Crippen LogP contribution < -0.4 is 4.74 Å². The van der Waals surface area contributed by atoms with E-state index in [2.05, 4.69) is 71.1 Å². The van der Waals surface area contributed by atoms with Gasteiger partial charge >= 0.3 is 0 Å². The molecular weight excluding hydrogens is 649 g/mol. The molecule has 4 heterocycles. The van der Waals surface area contributed by atoms with Gasteiger partial charge in [-0.15, -0.1) is 0 Å². The third kappa shape index (κ3) is 4.83. The Morgan fingerprint density at radius 1 is 0.660 bits per heavy atom. The highest BCUT2D eigenvalue weighted by atomic mass is 16.5. The maximum atomic E-state index is 8.74. The standard InChI is InChI=1S/C48H46N4O/c1-29-22-24-31(51-39-19-13-14-20-40(39)52-38-18-12-11-17-36(38)50-45(51)52)28-32(29)43-30(2)23-27-37(49-43)42-34(46(3,4)5)25-26-35-44(42)53-41-21-15-10-16-33(41)47(6,7)48(35,8)9/h10-28H,1-9H3/i1D3,2D3. The minimum absolute atomic E-state index is 0.00613. The molecule has 0 saturated carbocycles. The van der Waals surface area contributed by atoms with Crippen LogP contribution in [0.2, 0.25) is 0 Å². The zero-order valence-electron chi connectivity index (χ0n) is 37.2. The average molecular weight is 701 g/mol. The van der Waals surface area contributed by atoms with Gasteiger partial charge < -0.3 is 4.74 Å². The van der Waals surface area contributed by atoms with E-state index in [-0.39, 0.29) is 33.2 Å². The van der Waals surface area contributed by atoms with E-state index in [1.807, 2.05) is 71.3 Å². The van der Waals surface area contributed by atoms with E-state index in [1.54, 1.807) is 30.3 Å². The molecule has 0 amide bonds. The van der Waals surface area contributed by atoms with Crippen LogP contribution in [0, 0.1) is 13.7 Å². The van der Waals surface area contributed by atoms with Gasteiger partial charge in [-0.3, -0.25) is 8.97 Å². The SMILES string of the molecule is [2H]C([2H])([2H])c1ccc(-n2c3ccccc3n3c4ccccc4nc23)cc1-c1nc(-c2c(C(C)(C)C)ccc3c2Oc2ccccc2C(C)(C)C3(C)C)ccc1C([2H])([2H])[2H]. The van der Waals surface area contributed by atoms with Crippen LogP contribution in [0.25, 0.3) is 56.0 Å². The number of aromatic nitrogens is 4. The Kier molecular flexibility index (Phi) is 5.81. The third-order valence-electron chi connectivity index (χ3n) is 11.7. The second-order valence-corrected chi connectivity index (χ2v) is 16.3. The van der Waals surface area contributed by atoms with E-state index < -0.39 is 19.1 Å². The highest BCUT2D eigenvalue weighted by molar-refractivity contribution is 5.92. The molecule has 264 valence electrons. The Morgan fingerprint density at radius 2 is 1.34 bits per heavy atom. The number of fused-ring (bicyclic) bond motifs is 7. The number of imidazole rings is 2. The highest BCUT2D eigenvalue weighted by Gasteiger charge is 2.46. The summed E-state index contributed by atoms with van der Waals surface area (Å²) < 4.78 is 63.5. The summed E-state index contributed by atoms with van der Waals surface area (Å²) in [6, 6.07) is 36.7. The van der Waals surface area contributed by atoms with Crippen LogP contribution >= 0.6 is 0 Å². The molecule has 1 aliphatic rings. The Bertz CT molecular complexity index is 3000. The molecule has 0 unspecified atom stereocenters. The van der Waals surface area contributed by atoms with E-state index >= 15 is 0 Å². The van der Waals surface area contributed by atoms with Crippen molar-refractivity contribution >= 4 is 27.8 Å². The molecule has 0 fully saturated rings. The van der Waals surface area contributed by atoms with Crippen LogP contribution in [0.3, 0.4) is 0 Å². The number of ether oxygens (including phenoxy) is 1. The number of hydrogen-bond donors (Lipinski definition) is 0. The normalized spacial score (nSPS) is 17.1. The van der Waals surface area contributed by atoms with Crippen molar-refractivity contribution in [1.82, 2.24) is 18.9 Å². The summed E-state index contributed by atoms with van der Waals surface area (Å²) in [5, 5.41) is 0. The first-order valence-electron chi connectivity index (χ1n) is 21.2. The molecule has 0 aliphatic carbocycles. The van der Waals surface area contributed by atoms with Crippen LogP contribution in [0.4, 0.5) is 0 Å². The van der Waals surface area contributed by atoms with Crippen molar-refractivity contribution < 1.29 is 13.0 Å². The molecule has 3 aromatic heterocycles. The molecule has 53 heavy (non-hydrogen) atoms. The predicted molar refractivity (Wildman–Crippen MR) is 219 cm³/mol. The lowest BCUT2D eigenvalue weighted by Crippen LogP contribution is -2.39. The first-order valence-corrected chi connectivity index (χ1v) is 18.2. The van der Waals surface area contributed by atoms with Crippen LogP contribution in [0.15, 0.2) is 115 Å². The van der Waals surface area contributed by atoms with Crippen LogP contribution in [0.1, 0.15) is 84.5 Å². The number of pyridine rings is 1. The number of para-hydroxylation sites is 5. The Balaban J connectivity index is 1.36. The maximum absolute atomic E-state index is 8.74. The second-order valence-electron chi connectivity index (χ2n) is 16.3. The van der Waals surface area contributed by atoms with Gasteiger partial charge in [-0.05, 0) is 84.3 Å². The number of aryl methyl sites for hydroxylation is 2. The molecule has 5 nitrogen and oxygen atoms in total. The summed E-state index contributed by atoms with van der Waals surface area (Å²) >= 11 is 0. The first kappa shape index (κ1) is 27.0. The minimum atomic E-state index is -2.63. The molecule has 5 heteroatoms. The molecule has 0 atom stereocenters. The fraction of sp³-hybridized carbons (Fsp3) is 0.250. The van der Waals surface area contributed by atoms with Crippen molar-refractivity contribution in [3.63, 3.8) is 0 Å². The molecule has 0 saturated heterocycles. The summed E-state index contributed by atoms with van der Waals surface area (Å²) in [5.41, 5.74) is 7.46. The van der Waals surface area contributed by atoms with Gasteiger partial charge in [0.15, 0.2) is 0 Å². The summed E-state index contributed by atoms with van der Waals surface area (Å²) in [6.45, 7) is 10.1. The monoisotopic (exact) mass is 700 g/mol. The van der Waals surface area contributed by atoms with Crippen molar-refractivity contribution in [2.45, 2.75) is 78.4 Å². The summed E-state index contributed by atoms with van der Waals surface area (Å²) in [4.78, 5) is 10.3. The fourth-order valence-corrected chi connectivity index (χ4v) is 8.19. The Labute approximate surface area is 320 Å². The van der Waals surface area contributed by atoms with E-state index in [4.69, 9.17) is 22.9 Å². The molecule has 0 bridgehead atoms.